The van der Waals surface area contributed by atoms with E-state index in [9.17, 15) is 0 Å². The number of aromatic nitrogens is 2. The molecule has 0 fully saturated rings. The second-order valence-electron chi connectivity index (χ2n) is 2.58. The number of nitriles is 1. The molecule has 0 aliphatic heterocycles. The Bertz CT molecular complexity index is 350. The van der Waals surface area contributed by atoms with Crippen molar-refractivity contribution in [3.8, 4) is 6.07 Å². The molecule has 1 aromatic rings. The van der Waals surface area contributed by atoms with Gasteiger partial charge in [-0.05, 0) is 0 Å². The molecule has 0 saturated carbocycles. The fourth-order valence-corrected chi connectivity index (χ4v) is 0.675. The standard InChI is InChI=1S/C8H9N5/c1-13(2)6-12-8-7(3-9)4-10-5-11-8/h4-6H,1-2H3. The van der Waals surface area contributed by atoms with Crippen molar-refractivity contribution in [1.82, 2.24) is 14.9 Å². The van der Waals surface area contributed by atoms with Crippen LogP contribution < -0.4 is 0 Å². The lowest BCUT2D eigenvalue weighted by Gasteiger charge is -2.01. The van der Waals surface area contributed by atoms with Crippen LogP contribution in [0.15, 0.2) is 17.5 Å². The Hall–Kier alpha value is -1.96. The van der Waals surface area contributed by atoms with Gasteiger partial charge in [0.2, 0.25) is 0 Å². The van der Waals surface area contributed by atoms with Crippen LogP contribution in [0.5, 0.6) is 0 Å². The van der Waals surface area contributed by atoms with Gasteiger partial charge in [0.05, 0.1) is 12.5 Å². The summed E-state index contributed by atoms with van der Waals surface area (Å²) in [5.74, 6) is 0.395. The van der Waals surface area contributed by atoms with Gasteiger partial charge in [-0.25, -0.2) is 15.0 Å². The predicted molar refractivity (Wildman–Crippen MR) is 48.6 cm³/mol. The van der Waals surface area contributed by atoms with Crippen LogP contribution in [-0.4, -0.2) is 35.3 Å². The zero-order valence-electron chi connectivity index (χ0n) is 7.47. The highest BCUT2D eigenvalue weighted by Crippen LogP contribution is 2.10. The van der Waals surface area contributed by atoms with E-state index in [2.05, 4.69) is 15.0 Å². The van der Waals surface area contributed by atoms with E-state index < -0.39 is 0 Å². The summed E-state index contributed by atoms with van der Waals surface area (Å²) >= 11 is 0. The first-order valence-electron chi connectivity index (χ1n) is 3.64. The minimum absolute atomic E-state index is 0.376. The Morgan fingerprint density at radius 2 is 2.38 bits per heavy atom. The summed E-state index contributed by atoms with van der Waals surface area (Å²) in [5.41, 5.74) is 0.376. The molecule has 1 heterocycles. The molecule has 5 nitrogen and oxygen atoms in total. The third-order valence-electron chi connectivity index (χ3n) is 1.22. The Morgan fingerprint density at radius 3 is 3.00 bits per heavy atom. The fourth-order valence-electron chi connectivity index (χ4n) is 0.675. The van der Waals surface area contributed by atoms with E-state index in [1.54, 1.807) is 11.2 Å². The highest BCUT2D eigenvalue weighted by atomic mass is 15.1. The monoisotopic (exact) mass is 175 g/mol. The van der Waals surface area contributed by atoms with Gasteiger partial charge in [0.25, 0.3) is 0 Å². The normalized spacial score (nSPS) is 9.92. The lowest BCUT2D eigenvalue weighted by molar-refractivity contribution is 0.643. The Labute approximate surface area is 76.4 Å². The van der Waals surface area contributed by atoms with Crippen LogP contribution in [0.1, 0.15) is 5.56 Å². The maximum absolute atomic E-state index is 8.67. The fraction of sp³-hybridized carbons (Fsp3) is 0.250. The first-order chi connectivity index (χ1) is 6.24. The molecule has 13 heavy (non-hydrogen) atoms. The van der Waals surface area contributed by atoms with Gasteiger partial charge in [-0.3, -0.25) is 0 Å². The molecule has 0 radical (unpaired) electrons. The molecule has 0 N–H and O–H groups in total. The van der Waals surface area contributed by atoms with Gasteiger partial charge in [-0.15, -0.1) is 0 Å². The summed E-state index contributed by atoms with van der Waals surface area (Å²) in [7, 11) is 3.69. The van der Waals surface area contributed by atoms with Crippen molar-refractivity contribution in [3.63, 3.8) is 0 Å². The van der Waals surface area contributed by atoms with Crippen molar-refractivity contribution in [2.24, 2.45) is 4.99 Å². The highest BCUT2D eigenvalue weighted by molar-refractivity contribution is 5.61. The van der Waals surface area contributed by atoms with Crippen LogP contribution in [0.25, 0.3) is 0 Å². The van der Waals surface area contributed by atoms with Crippen molar-refractivity contribution < 1.29 is 0 Å². The summed E-state index contributed by atoms with van der Waals surface area (Å²) in [6, 6.07) is 1.96. The molecular weight excluding hydrogens is 166 g/mol. The molecule has 0 aromatic carbocycles. The molecule has 0 bridgehead atoms. The molecule has 1 rings (SSSR count). The van der Waals surface area contributed by atoms with Crippen LogP contribution in [0.4, 0.5) is 5.82 Å². The van der Waals surface area contributed by atoms with Crippen LogP contribution in [0, 0.1) is 11.3 Å². The molecule has 0 aliphatic carbocycles. The third-order valence-corrected chi connectivity index (χ3v) is 1.22. The third kappa shape index (κ3) is 2.52. The number of nitrogens with zero attached hydrogens (tertiary/aromatic N) is 5. The van der Waals surface area contributed by atoms with Crippen LogP contribution >= 0.6 is 0 Å². The van der Waals surface area contributed by atoms with Crippen molar-refractivity contribution in [2.75, 3.05) is 14.1 Å². The molecule has 0 spiro atoms. The summed E-state index contributed by atoms with van der Waals surface area (Å²) in [5, 5.41) is 8.67. The zero-order chi connectivity index (χ0) is 9.68. The average molecular weight is 175 g/mol. The topological polar surface area (TPSA) is 65.2 Å². The Kier molecular flexibility index (Phi) is 2.92. The minimum Gasteiger partial charge on any atom is -0.369 e. The average Bonchev–Trinajstić information content (AvgIpc) is 2.15. The SMILES string of the molecule is CN(C)C=Nc1ncncc1C#N. The van der Waals surface area contributed by atoms with Crippen molar-refractivity contribution in [1.29, 1.82) is 5.26 Å². The van der Waals surface area contributed by atoms with Crippen LogP contribution in [0.3, 0.4) is 0 Å². The molecule has 5 heteroatoms. The van der Waals surface area contributed by atoms with E-state index in [1.807, 2.05) is 20.2 Å². The summed E-state index contributed by atoms with van der Waals surface area (Å²) < 4.78 is 0. The number of rotatable bonds is 2. The van der Waals surface area contributed by atoms with Gasteiger partial charge in [0.1, 0.15) is 18.0 Å². The largest absolute Gasteiger partial charge is 0.369 e. The van der Waals surface area contributed by atoms with E-state index >= 15 is 0 Å². The van der Waals surface area contributed by atoms with E-state index in [0.717, 1.165) is 0 Å². The van der Waals surface area contributed by atoms with Gasteiger partial charge >= 0.3 is 0 Å². The summed E-state index contributed by atoms with van der Waals surface area (Å²) in [6.07, 6.45) is 4.39. The predicted octanol–water partition coefficient (Wildman–Crippen LogP) is 0.570. The first-order valence-corrected chi connectivity index (χ1v) is 3.64. The van der Waals surface area contributed by atoms with Crippen molar-refractivity contribution in [3.05, 3.63) is 18.1 Å². The molecule has 0 unspecified atom stereocenters. The Balaban J connectivity index is 2.95. The lowest BCUT2D eigenvalue weighted by atomic mass is 10.3. The Morgan fingerprint density at radius 1 is 1.62 bits per heavy atom. The van der Waals surface area contributed by atoms with Gasteiger partial charge in [-0.2, -0.15) is 5.26 Å². The minimum atomic E-state index is 0.376. The molecule has 1 aromatic heterocycles. The van der Waals surface area contributed by atoms with Gasteiger partial charge in [-0.1, -0.05) is 0 Å². The van der Waals surface area contributed by atoms with E-state index in [1.165, 1.54) is 12.5 Å². The summed E-state index contributed by atoms with van der Waals surface area (Å²) in [4.78, 5) is 13.4. The first kappa shape index (κ1) is 9.13. The maximum Gasteiger partial charge on any atom is 0.174 e. The van der Waals surface area contributed by atoms with Crippen LogP contribution in [0.2, 0.25) is 0 Å². The van der Waals surface area contributed by atoms with E-state index in [-0.39, 0.29) is 0 Å². The van der Waals surface area contributed by atoms with Crippen molar-refractivity contribution >= 4 is 12.2 Å². The molecule has 0 aliphatic rings. The lowest BCUT2D eigenvalue weighted by Crippen LogP contribution is -2.07. The molecule has 66 valence electrons. The second-order valence-corrected chi connectivity index (χ2v) is 2.58. The quantitative estimate of drug-likeness (QED) is 0.487. The summed E-state index contributed by atoms with van der Waals surface area (Å²) in [6.45, 7) is 0. The number of hydrogen-bond donors (Lipinski definition) is 0. The van der Waals surface area contributed by atoms with Crippen molar-refractivity contribution in [2.45, 2.75) is 0 Å². The second kappa shape index (κ2) is 4.16. The smallest absolute Gasteiger partial charge is 0.174 e. The number of hydrogen-bond acceptors (Lipinski definition) is 4. The van der Waals surface area contributed by atoms with E-state index in [0.29, 0.717) is 11.4 Å². The van der Waals surface area contributed by atoms with Gasteiger partial charge in [0, 0.05) is 14.1 Å². The van der Waals surface area contributed by atoms with Gasteiger partial charge in [0.15, 0.2) is 5.82 Å². The maximum atomic E-state index is 8.67. The zero-order valence-corrected chi connectivity index (χ0v) is 7.47. The molecule has 0 atom stereocenters. The molecule has 0 saturated heterocycles. The van der Waals surface area contributed by atoms with Gasteiger partial charge < -0.3 is 4.90 Å². The molecular formula is C8H9N5. The number of aliphatic imine (C=N–C) groups is 1. The van der Waals surface area contributed by atoms with Crippen LogP contribution in [-0.2, 0) is 0 Å². The van der Waals surface area contributed by atoms with E-state index in [4.69, 9.17) is 5.26 Å². The molecule has 0 amide bonds. The highest BCUT2D eigenvalue weighted by Gasteiger charge is 1.99.